The minimum absolute atomic E-state index is 0.0654. The maximum atomic E-state index is 12.8. The van der Waals surface area contributed by atoms with E-state index in [2.05, 4.69) is 15.4 Å². The number of ether oxygens (including phenoxy) is 1. The van der Waals surface area contributed by atoms with Gasteiger partial charge in [-0.2, -0.15) is 13.9 Å². The van der Waals surface area contributed by atoms with Gasteiger partial charge in [-0.25, -0.2) is 9.67 Å². The van der Waals surface area contributed by atoms with Crippen molar-refractivity contribution in [3.63, 3.8) is 0 Å². The van der Waals surface area contributed by atoms with Gasteiger partial charge in [0.2, 0.25) is 5.91 Å². The fourth-order valence-electron chi connectivity index (χ4n) is 2.13. The van der Waals surface area contributed by atoms with Crippen LogP contribution in [0, 0.1) is 13.8 Å². The van der Waals surface area contributed by atoms with E-state index in [0.717, 1.165) is 0 Å². The molecule has 2 heterocycles. The Bertz CT molecular complexity index is 685. The molecular weight excluding hydrogens is 294 g/mol. The fraction of sp³-hybridized carbons (Fsp3) is 0.357. The molecule has 1 amide bonds. The number of alkyl halides is 2. The minimum Gasteiger partial charge on any atom is -0.493 e. The molecule has 2 rings (SSSR count). The molecule has 118 valence electrons. The molecule has 2 aromatic rings. The minimum atomic E-state index is -2.73. The molecule has 0 aliphatic heterocycles. The van der Waals surface area contributed by atoms with E-state index in [9.17, 15) is 13.6 Å². The van der Waals surface area contributed by atoms with Gasteiger partial charge in [0.05, 0.1) is 19.2 Å². The first-order chi connectivity index (χ1) is 10.4. The van der Waals surface area contributed by atoms with Crippen molar-refractivity contribution in [2.45, 2.75) is 26.8 Å². The molecule has 0 radical (unpaired) electrons. The molecule has 0 saturated carbocycles. The maximum absolute atomic E-state index is 12.8. The van der Waals surface area contributed by atoms with E-state index in [-0.39, 0.29) is 23.8 Å². The standard InChI is InChI=1S/C14H16F2N4O2/c1-8-10(9(2)20(19-8)14(15)16)7-12(21)18-13-11(22-3)5-4-6-17-13/h4-6,14H,7H2,1-3H3,(H,17,18,21). The van der Waals surface area contributed by atoms with Crippen molar-refractivity contribution < 1.29 is 18.3 Å². The number of carbonyl (C=O) groups is 1. The van der Waals surface area contributed by atoms with Crippen molar-refractivity contribution in [2.75, 3.05) is 12.4 Å². The second-order valence-corrected chi connectivity index (χ2v) is 4.65. The third kappa shape index (κ3) is 3.21. The van der Waals surface area contributed by atoms with Crippen LogP contribution in [0.1, 0.15) is 23.5 Å². The Balaban J connectivity index is 2.16. The Labute approximate surface area is 126 Å². The van der Waals surface area contributed by atoms with Crippen LogP contribution in [0.25, 0.3) is 0 Å². The van der Waals surface area contributed by atoms with Crippen LogP contribution in [0.15, 0.2) is 18.3 Å². The van der Waals surface area contributed by atoms with Crippen LogP contribution >= 0.6 is 0 Å². The van der Waals surface area contributed by atoms with Gasteiger partial charge in [0.15, 0.2) is 11.6 Å². The molecule has 0 aromatic carbocycles. The number of anilines is 1. The summed E-state index contributed by atoms with van der Waals surface area (Å²) in [5, 5.41) is 6.35. The molecule has 8 heteroatoms. The van der Waals surface area contributed by atoms with Crippen LogP contribution in [-0.4, -0.2) is 27.8 Å². The Morgan fingerprint density at radius 1 is 1.45 bits per heavy atom. The largest absolute Gasteiger partial charge is 0.493 e. The SMILES string of the molecule is COc1cccnc1NC(=O)Cc1c(C)nn(C(F)F)c1C. The van der Waals surface area contributed by atoms with Crippen LogP contribution in [0.3, 0.4) is 0 Å². The van der Waals surface area contributed by atoms with Crippen molar-refractivity contribution in [3.8, 4) is 5.75 Å². The molecule has 2 aromatic heterocycles. The first-order valence-corrected chi connectivity index (χ1v) is 6.55. The number of aromatic nitrogens is 3. The van der Waals surface area contributed by atoms with Crippen molar-refractivity contribution in [2.24, 2.45) is 0 Å². The highest BCUT2D eigenvalue weighted by Crippen LogP contribution is 2.22. The number of nitrogens with zero attached hydrogens (tertiary/aromatic N) is 3. The molecule has 0 atom stereocenters. The summed E-state index contributed by atoms with van der Waals surface area (Å²) in [4.78, 5) is 16.1. The molecule has 0 bridgehead atoms. The van der Waals surface area contributed by atoms with Crippen molar-refractivity contribution in [1.82, 2.24) is 14.8 Å². The van der Waals surface area contributed by atoms with E-state index < -0.39 is 6.55 Å². The summed E-state index contributed by atoms with van der Waals surface area (Å²) in [5.41, 5.74) is 1.16. The molecule has 0 aliphatic rings. The van der Waals surface area contributed by atoms with Crippen LogP contribution in [-0.2, 0) is 11.2 Å². The zero-order chi connectivity index (χ0) is 16.3. The summed E-state index contributed by atoms with van der Waals surface area (Å²) >= 11 is 0. The number of hydrogen-bond donors (Lipinski definition) is 1. The Hall–Kier alpha value is -2.51. The van der Waals surface area contributed by atoms with Gasteiger partial charge in [0, 0.05) is 17.5 Å². The van der Waals surface area contributed by atoms with Gasteiger partial charge in [-0.1, -0.05) is 0 Å². The van der Waals surface area contributed by atoms with Gasteiger partial charge >= 0.3 is 6.55 Å². The zero-order valence-corrected chi connectivity index (χ0v) is 12.4. The van der Waals surface area contributed by atoms with Crippen LogP contribution in [0.5, 0.6) is 5.75 Å². The van der Waals surface area contributed by atoms with Crippen LogP contribution in [0.2, 0.25) is 0 Å². The molecule has 0 saturated heterocycles. The van der Waals surface area contributed by atoms with E-state index >= 15 is 0 Å². The first kappa shape index (κ1) is 15.9. The van der Waals surface area contributed by atoms with Crippen molar-refractivity contribution in [3.05, 3.63) is 35.3 Å². The average Bonchev–Trinajstić information content (AvgIpc) is 2.76. The van der Waals surface area contributed by atoms with Gasteiger partial charge in [0.1, 0.15) is 0 Å². The highest BCUT2D eigenvalue weighted by atomic mass is 19.3. The highest BCUT2D eigenvalue weighted by molar-refractivity contribution is 5.92. The number of pyridine rings is 1. The molecule has 0 aliphatic carbocycles. The number of aryl methyl sites for hydroxylation is 1. The van der Waals surface area contributed by atoms with Crippen LogP contribution in [0.4, 0.5) is 14.6 Å². The Morgan fingerprint density at radius 3 is 2.77 bits per heavy atom. The van der Waals surface area contributed by atoms with Crippen molar-refractivity contribution >= 4 is 11.7 Å². The van der Waals surface area contributed by atoms with Crippen LogP contribution < -0.4 is 10.1 Å². The summed E-state index contributed by atoms with van der Waals surface area (Å²) in [7, 11) is 1.47. The second-order valence-electron chi connectivity index (χ2n) is 4.65. The summed E-state index contributed by atoms with van der Waals surface area (Å²) in [6, 6.07) is 3.34. The third-order valence-electron chi connectivity index (χ3n) is 3.25. The average molecular weight is 310 g/mol. The summed E-state index contributed by atoms with van der Waals surface area (Å²) < 4.78 is 31.3. The topological polar surface area (TPSA) is 69.0 Å². The summed E-state index contributed by atoms with van der Waals surface area (Å²) in [6.07, 6.45) is 1.45. The van der Waals surface area contributed by atoms with Crippen molar-refractivity contribution in [1.29, 1.82) is 0 Å². The second kappa shape index (κ2) is 6.50. The number of halogens is 2. The number of nitrogens with one attached hydrogen (secondary N) is 1. The predicted molar refractivity (Wildman–Crippen MR) is 76.1 cm³/mol. The lowest BCUT2D eigenvalue weighted by atomic mass is 10.1. The van der Waals surface area contributed by atoms with Gasteiger partial charge in [0.25, 0.3) is 0 Å². The van der Waals surface area contributed by atoms with Gasteiger partial charge < -0.3 is 10.1 Å². The Morgan fingerprint density at radius 2 is 2.18 bits per heavy atom. The number of hydrogen-bond acceptors (Lipinski definition) is 4. The lowest BCUT2D eigenvalue weighted by Gasteiger charge is -2.09. The third-order valence-corrected chi connectivity index (χ3v) is 3.25. The first-order valence-electron chi connectivity index (χ1n) is 6.55. The van der Waals surface area contributed by atoms with E-state index in [1.54, 1.807) is 19.1 Å². The number of rotatable bonds is 5. The lowest BCUT2D eigenvalue weighted by Crippen LogP contribution is -2.17. The molecule has 1 N–H and O–H groups in total. The quantitative estimate of drug-likeness (QED) is 0.921. The monoisotopic (exact) mass is 310 g/mol. The molecule has 22 heavy (non-hydrogen) atoms. The van der Waals surface area contributed by atoms with E-state index in [1.165, 1.54) is 20.2 Å². The van der Waals surface area contributed by atoms with E-state index in [0.29, 0.717) is 21.7 Å². The van der Waals surface area contributed by atoms with Gasteiger partial charge in [-0.05, 0) is 26.0 Å². The number of methoxy groups -OCH3 is 1. The number of carbonyl (C=O) groups excluding carboxylic acids is 1. The lowest BCUT2D eigenvalue weighted by molar-refractivity contribution is -0.115. The molecule has 0 spiro atoms. The highest BCUT2D eigenvalue weighted by Gasteiger charge is 2.19. The van der Waals surface area contributed by atoms with E-state index in [1.807, 2.05) is 0 Å². The van der Waals surface area contributed by atoms with E-state index in [4.69, 9.17) is 4.74 Å². The predicted octanol–water partition coefficient (Wildman–Crippen LogP) is 2.48. The zero-order valence-electron chi connectivity index (χ0n) is 12.4. The maximum Gasteiger partial charge on any atom is 0.333 e. The smallest absolute Gasteiger partial charge is 0.333 e. The summed E-state index contributed by atoms with van der Waals surface area (Å²) in [6.45, 7) is 0.373. The Kier molecular flexibility index (Phi) is 4.69. The summed E-state index contributed by atoms with van der Waals surface area (Å²) in [5.74, 6) is 0.330. The molecule has 6 nitrogen and oxygen atoms in total. The molecule has 0 fully saturated rings. The normalized spacial score (nSPS) is 10.8. The van der Waals surface area contributed by atoms with Gasteiger partial charge in [-0.3, -0.25) is 4.79 Å². The van der Waals surface area contributed by atoms with Gasteiger partial charge in [-0.15, -0.1) is 0 Å². The molecular formula is C14H16F2N4O2. The molecule has 0 unspecified atom stereocenters. The fourth-order valence-corrected chi connectivity index (χ4v) is 2.13. The number of amides is 1.